The molecule has 5 nitrogen and oxygen atoms in total. The average molecular weight is 479 g/mol. The highest BCUT2D eigenvalue weighted by Gasteiger charge is 2.05. The van der Waals surface area contributed by atoms with Gasteiger partial charge < -0.3 is 10.6 Å². The minimum absolute atomic E-state index is 0. The van der Waals surface area contributed by atoms with Crippen LogP contribution in [0.1, 0.15) is 38.1 Å². The Morgan fingerprint density at radius 2 is 1.54 bits per heavy atom. The van der Waals surface area contributed by atoms with Crippen LogP contribution in [0.5, 0.6) is 0 Å². The van der Waals surface area contributed by atoms with Gasteiger partial charge in [-0.15, -0.1) is 46.7 Å². The van der Waals surface area contributed by atoms with Crippen LogP contribution in [0.4, 0.5) is 0 Å². The van der Waals surface area contributed by atoms with Crippen molar-refractivity contribution in [2.75, 3.05) is 13.1 Å². The van der Waals surface area contributed by atoms with Gasteiger partial charge in [0.2, 0.25) is 0 Å². The normalized spacial score (nSPS) is 11.3. The van der Waals surface area contributed by atoms with Gasteiger partial charge in [-0.25, -0.2) is 15.0 Å². The Kier molecular flexibility index (Phi) is 9.14. The van der Waals surface area contributed by atoms with Crippen LogP contribution in [-0.4, -0.2) is 29.0 Å². The van der Waals surface area contributed by atoms with Crippen molar-refractivity contribution in [3.63, 3.8) is 0 Å². The third-order valence-corrected chi connectivity index (χ3v) is 5.68. The lowest BCUT2D eigenvalue weighted by molar-refractivity contribution is 0.794. The van der Waals surface area contributed by atoms with Crippen molar-refractivity contribution in [3.8, 4) is 0 Å². The average Bonchev–Trinajstić information content (AvgIpc) is 2.99. The molecule has 0 spiro atoms. The first-order valence-corrected chi connectivity index (χ1v) is 9.51. The summed E-state index contributed by atoms with van der Waals surface area (Å²) >= 11 is 3.49. The van der Waals surface area contributed by atoms with E-state index in [4.69, 9.17) is 0 Å². The molecule has 134 valence electrons. The maximum absolute atomic E-state index is 4.62. The molecule has 0 aliphatic carbocycles. The molecule has 2 heterocycles. The van der Waals surface area contributed by atoms with Gasteiger partial charge in [0.15, 0.2) is 5.96 Å². The largest absolute Gasteiger partial charge is 0.357 e. The highest BCUT2D eigenvalue weighted by atomic mass is 127. The maximum atomic E-state index is 4.62. The van der Waals surface area contributed by atoms with Crippen LogP contribution in [0, 0.1) is 27.7 Å². The molecule has 2 aromatic rings. The number of hydrogen-bond donors (Lipinski definition) is 2. The second kappa shape index (κ2) is 10.3. The molecule has 0 aliphatic rings. The second-order valence-corrected chi connectivity index (χ2v) is 7.95. The van der Waals surface area contributed by atoms with Crippen LogP contribution in [0.25, 0.3) is 0 Å². The van der Waals surface area contributed by atoms with Gasteiger partial charge in [-0.2, -0.15) is 0 Å². The molecule has 0 aromatic carbocycles. The maximum Gasteiger partial charge on any atom is 0.191 e. The minimum Gasteiger partial charge on any atom is -0.357 e. The second-order valence-electron chi connectivity index (χ2n) is 5.37. The number of thiazole rings is 2. The lowest BCUT2D eigenvalue weighted by Gasteiger charge is -2.10. The van der Waals surface area contributed by atoms with Crippen LogP contribution in [0.3, 0.4) is 0 Å². The van der Waals surface area contributed by atoms with Crippen molar-refractivity contribution in [2.45, 2.75) is 47.6 Å². The zero-order valence-corrected chi connectivity index (χ0v) is 18.9. The molecule has 0 unspecified atom stereocenters. The van der Waals surface area contributed by atoms with E-state index in [1.807, 2.05) is 6.92 Å². The van der Waals surface area contributed by atoms with Crippen molar-refractivity contribution >= 4 is 52.6 Å². The SMILES string of the molecule is CCNC(=NCc1nc(C)c(C)s1)NCCc1nc(C)c(C)s1.I. The van der Waals surface area contributed by atoms with Gasteiger partial charge in [0.25, 0.3) is 0 Å². The fourth-order valence-corrected chi connectivity index (χ4v) is 3.82. The molecular formula is C16H26IN5S2. The van der Waals surface area contributed by atoms with E-state index in [-0.39, 0.29) is 24.0 Å². The van der Waals surface area contributed by atoms with Crippen LogP contribution >= 0.6 is 46.7 Å². The van der Waals surface area contributed by atoms with Crippen LogP contribution in [0.2, 0.25) is 0 Å². The molecule has 2 aromatic heterocycles. The van der Waals surface area contributed by atoms with Gasteiger partial charge in [-0.3, -0.25) is 0 Å². The number of aromatic nitrogens is 2. The molecule has 24 heavy (non-hydrogen) atoms. The number of hydrogen-bond acceptors (Lipinski definition) is 5. The van der Waals surface area contributed by atoms with Crippen LogP contribution < -0.4 is 10.6 Å². The summed E-state index contributed by atoms with van der Waals surface area (Å²) in [4.78, 5) is 16.3. The summed E-state index contributed by atoms with van der Waals surface area (Å²) in [7, 11) is 0. The molecule has 0 amide bonds. The summed E-state index contributed by atoms with van der Waals surface area (Å²) < 4.78 is 0. The number of nitrogens with one attached hydrogen (secondary N) is 2. The predicted molar refractivity (Wildman–Crippen MR) is 115 cm³/mol. The first kappa shape index (κ1) is 21.3. The molecule has 0 saturated carbocycles. The molecule has 0 atom stereocenters. The third kappa shape index (κ3) is 6.29. The Bertz CT molecular complexity index is 639. The number of aryl methyl sites for hydroxylation is 4. The smallest absolute Gasteiger partial charge is 0.191 e. The Morgan fingerprint density at radius 3 is 2.04 bits per heavy atom. The van der Waals surface area contributed by atoms with E-state index >= 15 is 0 Å². The van der Waals surface area contributed by atoms with Crippen molar-refractivity contribution in [2.24, 2.45) is 4.99 Å². The van der Waals surface area contributed by atoms with E-state index in [1.54, 1.807) is 22.7 Å². The van der Waals surface area contributed by atoms with Gasteiger partial charge in [-0.1, -0.05) is 0 Å². The fourth-order valence-electron chi connectivity index (χ4n) is 2.03. The van der Waals surface area contributed by atoms with Crippen molar-refractivity contribution in [3.05, 3.63) is 31.2 Å². The standard InChI is InChI=1S/C16H25N5S2.HI/c1-6-17-16(19-9-15-21-11(3)13(5)23-15)18-8-7-14-20-10(2)12(4)22-14;/h6-9H2,1-5H3,(H2,17,18,19);1H. The molecule has 2 N–H and O–H groups in total. The van der Waals surface area contributed by atoms with Crippen molar-refractivity contribution in [1.82, 2.24) is 20.6 Å². The quantitative estimate of drug-likeness (QED) is 0.377. The van der Waals surface area contributed by atoms with Crippen molar-refractivity contribution in [1.29, 1.82) is 0 Å². The summed E-state index contributed by atoms with van der Waals surface area (Å²) in [5, 5.41) is 8.88. The Labute approximate surface area is 169 Å². The van der Waals surface area contributed by atoms with E-state index < -0.39 is 0 Å². The summed E-state index contributed by atoms with van der Waals surface area (Å²) in [5.41, 5.74) is 2.24. The third-order valence-electron chi connectivity index (χ3n) is 3.49. The monoisotopic (exact) mass is 479 g/mol. The fraction of sp³-hybridized carbons (Fsp3) is 0.562. The number of nitrogens with zero attached hydrogens (tertiary/aromatic N) is 3. The van der Waals surface area contributed by atoms with E-state index in [1.165, 1.54) is 14.8 Å². The van der Waals surface area contributed by atoms with Gasteiger partial charge >= 0.3 is 0 Å². The van der Waals surface area contributed by atoms with E-state index in [9.17, 15) is 0 Å². The summed E-state index contributed by atoms with van der Waals surface area (Å²) in [5.74, 6) is 0.836. The molecule has 0 saturated heterocycles. The van der Waals surface area contributed by atoms with Crippen LogP contribution in [0.15, 0.2) is 4.99 Å². The predicted octanol–water partition coefficient (Wildman–Crippen LogP) is 3.75. The Balaban J connectivity index is 0.00000288. The van der Waals surface area contributed by atoms with Crippen molar-refractivity contribution < 1.29 is 0 Å². The zero-order valence-electron chi connectivity index (χ0n) is 14.9. The molecule has 2 rings (SSSR count). The summed E-state index contributed by atoms with van der Waals surface area (Å²) in [6, 6.07) is 0. The zero-order chi connectivity index (χ0) is 16.8. The first-order valence-electron chi connectivity index (χ1n) is 7.87. The van der Waals surface area contributed by atoms with E-state index in [2.05, 4.69) is 53.3 Å². The number of rotatable bonds is 6. The molecule has 0 bridgehead atoms. The minimum atomic E-state index is 0. The van der Waals surface area contributed by atoms with Crippen LogP contribution in [-0.2, 0) is 13.0 Å². The molecule has 8 heteroatoms. The topological polar surface area (TPSA) is 62.2 Å². The van der Waals surface area contributed by atoms with Gasteiger partial charge in [-0.05, 0) is 34.6 Å². The summed E-state index contributed by atoms with van der Waals surface area (Å²) in [6.07, 6.45) is 0.916. The highest BCUT2D eigenvalue weighted by molar-refractivity contribution is 14.0. The first-order chi connectivity index (χ1) is 11.0. The molecule has 0 aliphatic heterocycles. The molecular weight excluding hydrogens is 453 g/mol. The Hall–Kier alpha value is -0.740. The summed E-state index contributed by atoms with van der Waals surface area (Å²) in [6.45, 7) is 12.7. The highest BCUT2D eigenvalue weighted by Crippen LogP contribution is 2.17. The van der Waals surface area contributed by atoms with Gasteiger partial charge in [0, 0.05) is 29.3 Å². The number of guanidine groups is 1. The number of halogens is 1. The van der Waals surface area contributed by atoms with E-state index in [0.717, 1.165) is 41.9 Å². The van der Waals surface area contributed by atoms with Gasteiger partial charge in [0.05, 0.1) is 22.9 Å². The molecule has 0 radical (unpaired) electrons. The van der Waals surface area contributed by atoms with Gasteiger partial charge in [0.1, 0.15) is 5.01 Å². The lowest BCUT2D eigenvalue weighted by Crippen LogP contribution is -2.38. The molecule has 0 fully saturated rings. The Morgan fingerprint density at radius 1 is 0.958 bits per heavy atom. The lowest BCUT2D eigenvalue weighted by atomic mass is 10.4. The van der Waals surface area contributed by atoms with E-state index in [0.29, 0.717) is 6.54 Å². The number of aliphatic imine (C=N–C) groups is 1.